The van der Waals surface area contributed by atoms with E-state index in [4.69, 9.17) is 5.26 Å². The molecule has 1 atom stereocenters. The molecule has 1 aliphatic rings. The van der Waals surface area contributed by atoms with Crippen molar-refractivity contribution in [3.8, 4) is 6.07 Å². The van der Waals surface area contributed by atoms with Gasteiger partial charge in [-0.15, -0.1) is 0 Å². The van der Waals surface area contributed by atoms with Gasteiger partial charge in [0.05, 0.1) is 12.5 Å². The van der Waals surface area contributed by atoms with Crippen LogP contribution in [0.3, 0.4) is 0 Å². The second-order valence-corrected chi connectivity index (χ2v) is 4.73. The Hall–Kier alpha value is -1.63. The molecule has 92 valence electrons. The van der Waals surface area contributed by atoms with Crippen LogP contribution in [0.2, 0.25) is 0 Å². The molecule has 0 fully saturated rings. The number of amidine groups is 2. The minimum atomic E-state index is -0.0182. The molecule has 0 aliphatic carbocycles. The monoisotopic (exact) mass is 232 g/mol. The van der Waals surface area contributed by atoms with E-state index in [1.165, 1.54) is 0 Å². The molecule has 0 spiro atoms. The average Bonchev–Trinajstić information content (AvgIpc) is 2.29. The Morgan fingerprint density at radius 2 is 2.06 bits per heavy atom. The summed E-state index contributed by atoms with van der Waals surface area (Å²) in [7, 11) is 0. The normalized spacial score (nSPS) is 20.2. The van der Waals surface area contributed by atoms with Gasteiger partial charge in [-0.25, -0.2) is 9.98 Å². The van der Waals surface area contributed by atoms with Crippen molar-refractivity contribution in [2.24, 2.45) is 21.8 Å². The maximum absolute atomic E-state index is 8.49. The summed E-state index contributed by atoms with van der Waals surface area (Å²) in [6.45, 7) is 8.42. The summed E-state index contributed by atoms with van der Waals surface area (Å²) in [6.07, 6.45) is 4.05. The SMILES string of the molecule is CC(C)C1=NC(C(C)C)N=C(/C=C/CC#N)N1. The minimum absolute atomic E-state index is 0.0182. The van der Waals surface area contributed by atoms with Crippen molar-refractivity contribution >= 4 is 11.7 Å². The van der Waals surface area contributed by atoms with E-state index >= 15 is 0 Å². The molecule has 4 heteroatoms. The molecule has 0 amide bonds. The van der Waals surface area contributed by atoms with Crippen molar-refractivity contribution in [1.29, 1.82) is 5.26 Å². The van der Waals surface area contributed by atoms with Gasteiger partial charge in [0.2, 0.25) is 0 Å². The van der Waals surface area contributed by atoms with Crippen molar-refractivity contribution < 1.29 is 0 Å². The number of aliphatic imine (C=N–C) groups is 2. The number of nitriles is 1. The van der Waals surface area contributed by atoms with E-state index in [0.717, 1.165) is 11.7 Å². The zero-order chi connectivity index (χ0) is 12.8. The van der Waals surface area contributed by atoms with Crippen molar-refractivity contribution in [2.75, 3.05) is 0 Å². The lowest BCUT2D eigenvalue weighted by Gasteiger charge is -2.24. The van der Waals surface area contributed by atoms with Crippen LogP contribution in [-0.4, -0.2) is 17.8 Å². The van der Waals surface area contributed by atoms with Gasteiger partial charge in [0.15, 0.2) is 0 Å². The number of hydrogen-bond acceptors (Lipinski definition) is 4. The summed E-state index contributed by atoms with van der Waals surface area (Å²) >= 11 is 0. The lowest BCUT2D eigenvalue weighted by molar-refractivity contribution is 0.503. The topological polar surface area (TPSA) is 60.5 Å². The predicted molar refractivity (Wildman–Crippen MR) is 70.8 cm³/mol. The van der Waals surface area contributed by atoms with Crippen LogP contribution >= 0.6 is 0 Å². The molecule has 1 N–H and O–H groups in total. The smallest absolute Gasteiger partial charge is 0.146 e. The van der Waals surface area contributed by atoms with Crippen LogP contribution < -0.4 is 5.32 Å². The molecule has 1 heterocycles. The van der Waals surface area contributed by atoms with E-state index in [1.54, 1.807) is 0 Å². The highest BCUT2D eigenvalue weighted by molar-refractivity contribution is 6.07. The second-order valence-electron chi connectivity index (χ2n) is 4.73. The van der Waals surface area contributed by atoms with Gasteiger partial charge >= 0.3 is 0 Å². The first-order chi connectivity index (χ1) is 8.04. The first kappa shape index (κ1) is 13.4. The number of nitrogens with one attached hydrogen (secondary N) is 1. The van der Waals surface area contributed by atoms with Gasteiger partial charge in [0.25, 0.3) is 0 Å². The van der Waals surface area contributed by atoms with Crippen LogP contribution in [0.15, 0.2) is 22.1 Å². The molecular weight excluding hydrogens is 212 g/mol. The third-order valence-corrected chi connectivity index (χ3v) is 2.43. The Balaban J connectivity index is 2.83. The quantitative estimate of drug-likeness (QED) is 0.809. The van der Waals surface area contributed by atoms with Gasteiger partial charge in [-0.2, -0.15) is 5.26 Å². The molecule has 1 rings (SSSR count). The number of allylic oxidation sites excluding steroid dienone is 1. The van der Waals surface area contributed by atoms with Crippen LogP contribution in [0, 0.1) is 23.2 Å². The molecule has 4 nitrogen and oxygen atoms in total. The largest absolute Gasteiger partial charge is 0.329 e. The lowest BCUT2D eigenvalue weighted by atomic mass is 10.1. The molecule has 1 aliphatic heterocycles. The van der Waals surface area contributed by atoms with Crippen molar-refractivity contribution in [3.63, 3.8) is 0 Å². The first-order valence-electron chi connectivity index (χ1n) is 6.00. The summed E-state index contributed by atoms with van der Waals surface area (Å²) in [5.74, 6) is 2.50. The van der Waals surface area contributed by atoms with Crippen LogP contribution in [0.5, 0.6) is 0 Å². The summed E-state index contributed by atoms with van der Waals surface area (Å²) in [5, 5.41) is 11.7. The molecule has 0 aromatic rings. The second kappa shape index (κ2) is 6.19. The van der Waals surface area contributed by atoms with Gasteiger partial charge in [-0.1, -0.05) is 33.8 Å². The maximum atomic E-state index is 8.49. The van der Waals surface area contributed by atoms with Crippen LogP contribution in [0.1, 0.15) is 34.1 Å². The fourth-order valence-electron chi connectivity index (χ4n) is 1.41. The summed E-state index contributed by atoms with van der Waals surface area (Å²) in [5.41, 5.74) is 0. The number of rotatable bonds is 4. The van der Waals surface area contributed by atoms with Crippen LogP contribution in [0.4, 0.5) is 0 Å². The first-order valence-corrected chi connectivity index (χ1v) is 6.00. The van der Waals surface area contributed by atoms with Crippen LogP contribution in [-0.2, 0) is 0 Å². The maximum Gasteiger partial charge on any atom is 0.146 e. The summed E-state index contributed by atoms with van der Waals surface area (Å²) in [4.78, 5) is 9.09. The zero-order valence-electron chi connectivity index (χ0n) is 10.9. The molecule has 0 saturated heterocycles. The van der Waals surface area contributed by atoms with Gasteiger partial charge in [0.1, 0.15) is 17.8 Å². The third kappa shape index (κ3) is 4.03. The Bertz CT molecular complexity index is 383. The minimum Gasteiger partial charge on any atom is -0.329 e. The molecule has 0 radical (unpaired) electrons. The molecule has 0 aromatic heterocycles. The van der Waals surface area contributed by atoms with E-state index in [-0.39, 0.29) is 6.17 Å². The van der Waals surface area contributed by atoms with Crippen molar-refractivity contribution in [2.45, 2.75) is 40.3 Å². The molecule has 17 heavy (non-hydrogen) atoms. The number of nitrogens with zero attached hydrogens (tertiary/aromatic N) is 3. The van der Waals surface area contributed by atoms with E-state index in [9.17, 15) is 0 Å². The van der Waals surface area contributed by atoms with Gasteiger partial charge < -0.3 is 5.32 Å². The van der Waals surface area contributed by atoms with E-state index in [1.807, 2.05) is 12.2 Å². The third-order valence-electron chi connectivity index (χ3n) is 2.43. The van der Waals surface area contributed by atoms with Gasteiger partial charge in [-0.3, -0.25) is 0 Å². The van der Waals surface area contributed by atoms with Crippen molar-refractivity contribution in [1.82, 2.24) is 5.32 Å². The molecular formula is C13H20N4. The van der Waals surface area contributed by atoms with Crippen molar-refractivity contribution in [3.05, 3.63) is 12.2 Å². The standard InChI is InChI=1S/C13H20N4/c1-9(2)12-15-11(7-5-6-8-14)16-13(17-12)10(3)4/h5,7,9-10,12H,6H2,1-4H3,(H,15,16,17)/b7-5+. The molecule has 1 unspecified atom stereocenters. The van der Waals surface area contributed by atoms with E-state index < -0.39 is 0 Å². The van der Waals surface area contributed by atoms with Gasteiger partial charge in [-0.05, 0) is 12.0 Å². The van der Waals surface area contributed by atoms with E-state index in [0.29, 0.717) is 18.3 Å². The zero-order valence-corrected chi connectivity index (χ0v) is 10.9. The molecule has 0 bridgehead atoms. The molecule has 0 aromatic carbocycles. The fourth-order valence-corrected chi connectivity index (χ4v) is 1.41. The van der Waals surface area contributed by atoms with E-state index in [2.05, 4.69) is 49.1 Å². The summed E-state index contributed by atoms with van der Waals surface area (Å²) < 4.78 is 0. The highest BCUT2D eigenvalue weighted by atomic mass is 15.2. The predicted octanol–water partition coefficient (Wildman–Crippen LogP) is 2.49. The van der Waals surface area contributed by atoms with Gasteiger partial charge in [0, 0.05) is 5.92 Å². The highest BCUT2D eigenvalue weighted by Crippen LogP contribution is 2.13. The number of hydrogen-bond donors (Lipinski definition) is 1. The Kier molecular flexibility index (Phi) is 4.89. The molecule has 0 saturated carbocycles. The highest BCUT2D eigenvalue weighted by Gasteiger charge is 2.19. The summed E-state index contributed by atoms with van der Waals surface area (Å²) in [6, 6.07) is 2.08. The van der Waals surface area contributed by atoms with Crippen LogP contribution in [0.25, 0.3) is 0 Å². The fraction of sp³-hybridized carbons (Fsp3) is 0.615. The average molecular weight is 232 g/mol. The lowest BCUT2D eigenvalue weighted by Crippen LogP contribution is -2.39. The Labute approximate surface area is 103 Å². The Morgan fingerprint density at radius 3 is 2.59 bits per heavy atom. The Morgan fingerprint density at radius 1 is 1.35 bits per heavy atom.